The third-order valence-electron chi connectivity index (χ3n) is 2.42. The number of ether oxygens (including phenoxy) is 1. The number of benzene rings is 1. The molecule has 16 heavy (non-hydrogen) atoms. The number of hydrogen-bond acceptors (Lipinski definition) is 3. The molecule has 0 unspecified atom stereocenters. The van der Waals surface area contributed by atoms with E-state index >= 15 is 0 Å². The second kappa shape index (κ2) is 4.77. The summed E-state index contributed by atoms with van der Waals surface area (Å²) >= 11 is 0. The Balaban J connectivity index is 2.49. The van der Waals surface area contributed by atoms with Gasteiger partial charge in [0.05, 0.1) is 13.7 Å². The first kappa shape index (κ1) is 10.6. The Kier molecular flexibility index (Phi) is 3.17. The molecule has 0 amide bonds. The molecule has 2 rings (SSSR count). The number of aliphatic hydroxyl groups excluding tert-OH is 1. The lowest BCUT2D eigenvalue weighted by atomic mass is 10.0. The van der Waals surface area contributed by atoms with Crippen molar-refractivity contribution in [1.29, 1.82) is 0 Å². The fraction of sp³-hybridized carbons (Fsp3) is 0.154. The normalized spacial score (nSPS) is 10.1. The molecule has 82 valence electrons. The highest BCUT2D eigenvalue weighted by atomic mass is 16.5. The van der Waals surface area contributed by atoms with Crippen molar-refractivity contribution in [2.75, 3.05) is 7.11 Å². The quantitative estimate of drug-likeness (QED) is 0.853. The molecule has 0 fully saturated rings. The van der Waals surface area contributed by atoms with Gasteiger partial charge < -0.3 is 9.84 Å². The number of aromatic nitrogens is 1. The van der Waals surface area contributed by atoms with Crippen LogP contribution < -0.4 is 4.74 Å². The zero-order chi connectivity index (χ0) is 11.4. The van der Waals surface area contributed by atoms with Crippen molar-refractivity contribution >= 4 is 0 Å². The van der Waals surface area contributed by atoms with Crippen molar-refractivity contribution in [2.45, 2.75) is 6.61 Å². The minimum atomic E-state index is 0.0175. The summed E-state index contributed by atoms with van der Waals surface area (Å²) in [5.41, 5.74) is 2.82. The molecule has 1 aromatic carbocycles. The zero-order valence-corrected chi connectivity index (χ0v) is 9.05. The van der Waals surface area contributed by atoms with Crippen LogP contribution in [0.5, 0.6) is 5.75 Å². The van der Waals surface area contributed by atoms with Crippen molar-refractivity contribution in [1.82, 2.24) is 4.98 Å². The van der Waals surface area contributed by atoms with Crippen LogP contribution in [0.25, 0.3) is 11.1 Å². The van der Waals surface area contributed by atoms with Crippen LogP contribution in [0.1, 0.15) is 5.56 Å². The van der Waals surface area contributed by atoms with Crippen molar-refractivity contribution in [3.63, 3.8) is 0 Å². The number of hydrogen-bond donors (Lipinski definition) is 1. The molecule has 3 heteroatoms. The summed E-state index contributed by atoms with van der Waals surface area (Å²) in [5, 5.41) is 9.05. The van der Waals surface area contributed by atoms with Gasteiger partial charge in [-0.3, -0.25) is 4.98 Å². The predicted octanol–water partition coefficient (Wildman–Crippen LogP) is 2.25. The second-order valence-corrected chi connectivity index (χ2v) is 3.43. The number of pyridine rings is 1. The summed E-state index contributed by atoms with van der Waals surface area (Å²) < 4.78 is 5.30. The zero-order valence-electron chi connectivity index (χ0n) is 9.05. The number of nitrogens with zero attached hydrogens (tertiary/aromatic N) is 1. The molecule has 1 heterocycles. The van der Waals surface area contributed by atoms with Crippen molar-refractivity contribution in [2.24, 2.45) is 0 Å². The Bertz CT molecular complexity index is 469. The minimum Gasteiger partial charge on any atom is -0.496 e. The maximum absolute atomic E-state index is 9.05. The Morgan fingerprint density at radius 2 is 2.19 bits per heavy atom. The van der Waals surface area contributed by atoms with Gasteiger partial charge >= 0.3 is 0 Å². The van der Waals surface area contributed by atoms with E-state index in [-0.39, 0.29) is 6.61 Å². The van der Waals surface area contributed by atoms with Crippen LogP contribution in [0.15, 0.2) is 42.7 Å². The molecule has 0 aliphatic heterocycles. The molecule has 2 aromatic rings. The highest BCUT2D eigenvalue weighted by Crippen LogP contribution is 2.30. The van der Waals surface area contributed by atoms with E-state index in [0.29, 0.717) is 0 Å². The smallest absolute Gasteiger partial charge is 0.127 e. The average molecular weight is 215 g/mol. The van der Waals surface area contributed by atoms with Gasteiger partial charge in [0.25, 0.3) is 0 Å². The molecule has 0 aliphatic rings. The average Bonchev–Trinajstić information content (AvgIpc) is 2.39. The summed E-state index contributed by atoms with van der Waals surface area (Å²) in [6.07, 6.45) is 3.52. The van der Waals surface area contributed by atoms with Gasteiger partial charge in [-0.05, 0) is 17.7 Å². The Morgan fingerprint density at radius 3 is 2.81 bits per heavy atom. The third-order valence-corrected chi connectivity index (χ3v) is 2.42. The van der Waals surface area contributed by atoms with Gasteiger partial charge in [0.1, 0.15) is 5.75 Å². The molecular formula is C13H13NO2. The highest BCUT2D eigenvalue weighted by Gasteiger charge is 2.06. The highest BCUT2D eigenvalue weighted by molar-refractivity contribution is 5.70. The Hall–Kier alpha value is -1.87. The summed E-state index contributed by atoms with van der Waals surface area (Å²) in [6, 6.07) is 9.51. The van der Waals surface area contributed by atoms with Gasteiger partial charge in [-0.15, -0.1) is 0 Å². The van der Waals surface area contributed by atoms with Crippen LogP contribution in [-0.4, -0.2) is 17.2 Å². The van der Waals surface area contributed by atoms with Crippen LogP contribution in [0.2, 0.25) is 0 Å². The molecule has 1 aromatic heterocycles. The fourth-order valence-corrected chi connectivity index (χ4v) is 1.59. The van der Waals surface area contributed by atoms with Crippen LogP contribution in [0, 0.1) is 0 Å². The third kappa shape index (κ3) is 2.04. The van der Waals surface area contributed by atoms with Gasteiger partial charge in [0.15, 0.2) is 0 Å². The topological polar surface area (TPSA) is 42.4 Å². The molecule has 0 aliphatic carbocycles. The maximum Gasteiger partial charge on any atom is 0.127 e. The molecule has 0 bridgehead atoms. The van der Waals surface area contributed by atoms with Crippen LogP contribution in [-0.2, 0) is 6.61 Å². The monoisotopic (exact) mass is 215 g/mol. The molecule has 0 saturated carbocycles. The van der Waals surface area contributed by atoms with Crippen LogP contribution in [0.3, 0.4) is 0 Å². The lowest BCUT2D eigenvalue weighted by molar-refractivity contribution is 0.281. The maximum atomic E-state index is 9.05. The summed E-state index contributed by atoms with van der Waals surface area (Å²) in [5.74, 6) is 0.750. The summed E-state index contributed by atoms with van der Waals surface area (Å²) in [7, 11) is 1.62. The van der Waals surface area contributed by atoms with Gasteiger partial charge in [-0.2, -0.15) is 0 Å². The molecule has 3 nitrogen and oxygen atoms in total. The molecule has 0 saturated heterocycles. The van der Waals surface area contributed by atoms with E-state index in [4.69, 9.17) is 9.84 Å². The molecule has 0 radical (unpaired) electrons. The molecule has 1 N–H and O–H groups in total. The fourth-order valence-electron chi connectivity index (χ4n) is 1.59. The Labute approximate surface area is 94.3 Å². The molecule has 0 atom stereocenters. The van der Waals surface area contributed by atoms with Crippen molar-refractivity contribution in [3.05, 3.63) is 48.3 Å². The van der Waals surface area contributed by atoms with Gasteiger partial charge in [-0.1, -0.05) is 18.2 Å². The first-order valence-electron chi connectivity index (χ1n) is 5.03. The number of rotatable bonds is 3. The second-order valence-electron chi connectivity index (χ2n) is 3.43. The van der Waals surface area contributed by atoms with Crippen molar-refractivity contribution < 1.29 is 9.84 Å². The standard InChI is InChI=1S/C13H13NO2/c1-16-13-7-10(9-15)4-5-12(13)11-3-2-6-14-8-11/h2-8,15H,9H2,1H3. The molecule has 0 spiro atoms. The minimum absolute atomic E-state index is 0.0175. The van der Waals surface area contributed by atoms with E-state index in [1.807, 2.05) is 30.3 Å². The first-order chi connectivity index (χ1) is 7.85. The van der Waals surface area contributed by atoms with E-state index < -0.39 is 0 Å². The van der Waals surface area contributed by atoms with E-state index in [1.165, 1.54) is 0 Å². The molecular weight excluding hydrogens is 202 g/mol. The predicted molar refractivity (Wildman–Crippen MR) is 62.1 cm³/mol. The lowest BCUT2D eigenvalue weighted by Crippen LogP contribution is -1.91. The lowest BCUT2D eigenvalue weighted by Gasteiger charge is -2.09. The SMILES string of the molecule is COc1cc(CO)ccc1-c1cccnc1. The Morgan fingerprint density at radius 1 is 1.31 bits per heavy atom. The van der Waals surface area contributed by atoms with Crippen LogP contribution in [0.4, 0.5) is 0 Å². The van der Waals surface area contributed by atoms with E-state index in [1.54, 1.807) is 19.5 Å². The van der Waals surface area contributed by atoms with E-state index in [2.05, 4.69) is 4.98 Å². The van der Waals surface area contributed by atoms with Gasteiger partial charge in [-0.25, -0.2) is 0 Å². The van der Waals surface area contributed by atoms with Crippen LogP contribution >= 0.6 is 0 Å². The van der Waals surface area contributed by atoms with Crippen molar-refractivity contribution in [3.8, 4) is 16.9 Å². The van der Waals surface area contributed by atoms with E-state index in [9.17, 15) is 0 Å². The summed E-state index contributed by atoms with van der Waals surface area (Å²) in [4.78, 5) is 4.07. The van der Waals surface area contributed by atoms with E-state index in [0.717, 1.165) is 22.4 Å². The number of methoxy groups -OCH3 is 1. The van der Waals surface area contributed by atoms with Gasteiger partial charge in [0, 0.05) is 23.5 Å². The van der Waals surface area contributed by atoms with Gasteiger partial charge in [0.2, 0.25) is 0 Å². The number of aliphatic hydroxyl groups is 1. The largest absolute Gasteiger partial charge is 0.496 e. The first-order valence-corrected chi connectivity index (χ1v) is 5.03. The summed E-state index contributed by atoms with van der Waals surface area (Å²) in [6.45, 7) is 0.0175.